The van der Waals surface area contributed by atoms with Gasteiger partial charge in [0.05, 0.1) is 0 Å². The second kappa shape index (κ2) is 7.70. The first-order chi connectivity index (χ1) is 13.3. The van der Waals surface area contributed by atoms with Gasteiger partial charge in [0.25, 0.3) is 0 Å². The molecule has 4 heteroatoms. The van der Waals surface area contributed by atoms with Gasteiger partial charge >= 0.3 is 0 Å². The second-order valence-corrected chi connectivity index (χ2v) is 6.14. The van der Waals surface area contributed by atoms with Crippen molar-refractivity contribution in [3.63, 3.8) is 0 Å². The maximum absolute atomic E-state index is 11.2. The van der Waals surface area contributed by atoms with Crippen LogP contribution in [0.15, 0.2) is 85.3 Å². The molecule has 0 fully saturated rings. The number of rotatable bonds is 6. The molecule has 2 aromatic heterocycles. The van der Waals surface area contributed by atoms with E-state index in [1.54, 1.807) is 18.5 Å². The Morgan fingerprint density at radius 2 is 1.85 bits per heavy atom. The van der Waals surface area contributed by atoms with Gasteiger partial charge in [0, 0.05) is 35.1 Å². The number of ether oxygens (including phenoxy) is 1. The Hall–Kier alpha value is -3.66. The van der Waals surface area contributed by atoms with Crippen molar-refractivity contribution in [3.8, 4) is 5.75 Å². The number of fused-ring (bicyclic) bond motifs is 1. The Balaban J connectivity index is 1.69. The number of carbonyl (C=O) groups excluding carboxylic acids is 1. The third-order valence-electron chi connectivity index (χ3n) is 4.42. The van der Waals surface area contributed by atoms with E-state index >= 15 is 0 Å². The fourth-order valence-electron chi connectivity index (χ4n) is 3.09. The molecule has 0 aliphatic rings. The molecule has 0 aliphatic heterocycles. The number of allylic oxidation sites excluding steroid dienone is 1. The van der Waals surface area contributed by atoms with E-state index in [0.717, 1.165) is 45.2 Å². The molecule has 1 N–H and O–H groups in total. The van der Waals surface area contributed by atoms with Crippen molar-refractivity contribution in [2.45, 2.75) is 6.61 Å². The maximum atomic E-state index is 11.2. The van der Waals surface area contributed by atoms with Crippen LogP contribution in [0.25, 0.3) is 16.5 Å². The molecule has 0 atom stereocenters. The van der Waals surface area contributed by atoms with Crippen LogP contribution >= 0.6 is 0 Å². The number of aldehydes is 1. The molecule has 4 rings (SSSR count). The number of pyridine rings is 1. The Bertz CT molecular complexity index is 1080. The highest BCUT2D eigenvalue weighted by molar-refractivity contribution is 6.00. The summed E-state index contributed by atoms with van der Waals surface area (Å²) in [7, 11) is 0. The summed E-state index contributed by atoms with van der Waals surface area (Å²) < 4.78 is 5.96. The Morgan fingerprint density at radius 3 is 2.63 bits per heavy atom. The van der Waals surface area contributed by atoms with Crippen molar-refractivity contribution < 1.29 is 9.53 Å². The van der Waals surface area contributed by atoms with Crippen molar-refractivity contribution in [3.05, 3.63) is 102 Å². The molecule has 0 radical (unpaired) electrons. The van der Waals surface area contributed by atoms with Crippen molar-refractivity contribution in [1.29, 1.82) is 0 Å². The SMILES string of the molecule is O=CC=C(c1ccncc1)c1c[nH]c2ccc(OCc3ccccc3)cc12. The molecule has 2 aromatic carbocycles. The topological polar surface area (TPSA) is 55.0 Å². The average Bonchev–Trinajstić information content (AvgIpc) is 3.15. The quantitative estimate of drug-likeness (QED) is 0.401. The van der Waals surface area contributed by atoms with Crippen LogP contribution in [0.5, 0.6) is 5.75 Å². The molecule has 4 aromatic rings. The van der Waals surface area contributed by atoms with E-state index in [0.29, 0.717) is 6.61 Å². The summed E-state index contributed by atoms with van der Waals surface area (Å²) in [6, 6.07) is 19.8. The standard InChI is InChI=1S/C23H18N2O2/c26-13-10-20(18-8-11-24-12-9-18)22-15-25-23-7-6-19(14-21(22)23)27-16-17-4-2-1-3-5-17/h1-15,25H,16H2. The number of aromatic amines is 1. The number of hydrogen-bond donors (Lipinski definition) is 1. The lowest BCUT2D eigenvalue weighted by Crippen LogP contribution is -1.95. The molecule has 0 amide bonds. The minimum atomic E-state index is 0.507. The summed E-state index contributed by atoms with van der Waals surface area (Å²) in [4.78, 5) is 18.5. The van der Waals surface area contributed by atoms with Gasteiger partial charge in [0.1, 0.15) is 18.6 Å². The van der Waals surface area contributed by atoms with Crippen LogP contribution in [0.4, 0.5) is 0 Å². The van der Waals surface area contributed by atoms with Crippen LogP contribution in [0.2, 0.25) is 0 Å². The number of nitrogens with zero attached hydrogens (tertiary/aromatic N) is 1. The van der Waals surface area contributed by atoms with Gasteiger partial charge in [0.2, 0.25) is 0 Å². The fraction of sp³-hybridized carbons (Fsp3) is 0.0435. The first-order valence-electron chi connectivity index (χ1n) is 8.69. The molecule has 132 valence electrons. The number of carbonyl (C=O) groups is 1. The van der Waals surface area contributed by atoms with E-state index in [4.69, 9.17) is 4.74 Å². The smallest absolute Gasteiger partial charge is 0.143 e. The minimum Gasteiger partial charge on any atom is -0.489 e. The lowest BCUT2D eigenvalue weighted by molar-refractivity contribution is -0.104. The van der Waals surface area contributed by atoms with Crippen molar-refractivity contribution in [2.24, 2.45) is 0 Å². The molecular weight excluding hydrogens is 336 g/mol. The summed E-state index contributed by atoms with van der Waals surface area (Å²) in [5, 5.41) is 1.01. The summed E-state index contributed by atoms with van der Waals surface area (Å²) in [5.41, 5.74) is 4.84. The number of H-pyrrole nitrogens is 1. The van der Waals surface area contributed by atoms with Crippen LogP contribution in [-0.2, 0) is 11.4 Å². The average molecular weight is 354 g/mol. The molecular formula is C23H18N2O2. The number of benzene rings is 2. The number of hydrogen-bond acceptors (Lipinski definition) is 3. The molecule has 0 saturated carbocycles. The van der Waals surface area contributed by atoms with Crippen LogP contribution in [0, 0.1) is 0 Å². The summed E-state index contributed by atoms with van der Waals surface area (Å²) in [6.45, 7) is 0.507. The Kier molecular flexibility index (Phi) is 4.79. The maximum Gasteiger partial charge on any atom is 0.143 e. The van der Waals surface area contributed by atoms with E-state index in [-0.39, 0.29) is 0 Å². The highest BCUT2D eigenvalue weighted by atomic mass is 16.5. The first kappa shape index (κ1) is 16.8. The van der Waals surface area contributed by atoms with Crippen LogP contribution in [-0.4, -0.2) is 16.3 Å². The number of nitrogens with one attached hydrogen (secondary N) is 1. The third kappa shape index (κ3) is 3.65. The van der Waals surface area contributed by atoms with E-state index in [2.05, 4.69) is 9.97 Å². The van der Waals surface area contributed by atoms with Crippen LogP contribution in [0.3, 0.4) is 0 Å². The zero-order chi connectivity index (χ0) is 18.5. The van der Waals surface area contributed by atoms with Crippen LogP contribution in [0.1, 0.15) is 16.7 Å². The minimum absolute atomic E-state index is 0.507. The van der Waals surface area contributed by atoms with Gasteiger partial charge in [-0.15, -0.1) is 0 Å². The summed E-state index contributed by atoms with van der Waals surface area (Å²) in [6.07, 6.45) is 7.75. The predicted octanol–water partition coefficient (Wildman–Crippen LogP) is 4.77. The summed E-state index contributed by atoms with van der Waals surface area (Å²) in [5.74, 6) is 0.785. The Morgan fingerprint density at radius 1 is 1.04 bits per heavy atom. The number of aromatic nitrogens is 2. The molecule has 27 heavy (non-hydrogen) atoms. The van der Waals surface area contributed by atoms with Crippen molar-refractivity contribution in [1.82, 2.24) is 9.97 Å². The van der Waals surface area contributed by atoms with Crippen LogP contribution < -0.4 is 4.74 Å². The normalized spacial score (nSPS) is 11.5. The predicted molar refractivity (Wildman–Crippen MR) is 106 cm³/mol. The van der Waals surface area contributed by atoms with Gasteiger partial charge in [-0.05, 0) is 53.1 Å². The lowest BCUT2D eigenvalue weighted by Gasteiger charge is -2.09. The van der Waals surface area contributed by atoms with E-state index in [1.807, 2.05) is 66.9 Å². The Labute approximate surface area is 157 Å². The lowest BCUT2D eigenvalue weighted by atomic mass is 9.98. The van der Waals surface area contributed by atoms with E-state index < -0.39 is 0 Å². The zero-order valence-electron chi connectivity index (χ0n) is 14.6. The molecule has 0 bridgehead atoms. The molecule has 0 unspecified atom stereocenters. The molecule has 2 heterocycles. The zero-order valence-corrected chi connectivity index (χ0v) is 14.6. The first-order valence-corrected chi connectivity index (χ1v) is 8.69. The fourth-order valence-corrected chi connectivity index (χ4v) is 3.09. The summed E-state index contributed by atoms with van der Waals surface area (Å²) >= 11 is 0. The third-order valence-corrected chi connectivity index (χ3v) is 4.42. The van der Waals surface area contributed by atoms with E-state index in [1.165, 1.54) is 0 Å². The molecule has 0 saturated heterocycles. The second-order valence-electron chi connectivity index (χ2n) is 6.14. The van der Waals surface area contributed by atoms with Crippen molar-refractivity contribution >= 4 is 22.8 Å². The van der Waals surface area contributed by atoms with Gasteiger partial charge in [-0.1, -0.05) is 30.3 Å². The monoisotopic (exact) mass is 354 g/mol. The molecule has 0 spiro atoms. The van der Waals surface area contributed by atoms with E-state index in [9.17, 15) is 4.79 Å². The highest BCUT2D eigenvalue weighted by Gasteiger charge is 2.12. The highest BCUT2D eigenvalue weighted by Crippen LogP contribution is 2.32. The largest absolute Gasteiger partial charge is 0.489 e. The molecule has 0 aliphatic carbocycles. The molecule has 4 nitrogen and oxygen atoms in total. The van der Waals surface area contributed by atoms with Crippen molar-refractivity contribution in [2.75, 3.05) is 0 Å². The van der Waals surface area contributed by atoms with Gasteiger partial charge in [-0.3, -0.25) is 9.78 Å². The van der Waals surface area contributed by atoms with Gasteiger partial charge in [0.15, 0.2) is 0 Å². The van der Waals surface area contributed by atoms with Gasteiger partial charge in [-0.25, -0.2) is 0 Å². The van der Waals surface area contributed by atoms with Gasteiger partial charge < -0.3 is 9.72 Å². The van der Waals surface area contributed by atoms with Gasteiger partial charge in [-0.2, -0.15) is 0 Å².